The largest absolute Gasteiger partial charge is 0.488 e. The highest BCUT2D eigenvalue weighted by Gasteiger charge is 2.28. The molecule has 4 aromatic carbocycles. The van der Waals surface area contributed by atoms with Gasteiger partial charge in [-0.1, -0.05) is 92.7 Å². The molecule has 2 heterocycles. The van der Waals surface area contributed by atoms with E-state index in [2.05, 4.69) is 54.4 Å². The van der Waals surface area contributed by atoms with Gasteiger partial charge in [0, 0.05) is 51.9 Å². The summed E-state index contributed by atoms with van der Waals surface area (Å²) in [6.45, 7) is 11.4. The fourth-order valence-corrected chi connectivity index (χ4v) is 5.90. The number of hydrogen-bond donors (Lipinski definition) is 1. The number of ether oxygens (including phenoxy) is 2. The van der Waals surface area contributed by atoms with E-state index in [9.17, 15) is 4.79 Å². The molecule has 1 N–H and O–H groups in total. The number of amides is 1. The maximum atomic E-state index is 14.2. The quantitative estimate of drug-likeness (QED) is 0.233. The fourth-order valence-electron chi connectivity index (χ4n) is 5.90. The molecule has 0 aromatic heterocycles. The predicted molar refractivity (Wildman–Crippen MR) is 170 cm³/mol. The van der Waals surface area contributed by atoms with Crippen molar-refractivity contribution in [1.82, 2.24) is 15.1 Å². The lowest BCUT2D eigenvalue weighted by Gasteiger charge is -2.27. The molecule has 0 spiro atoms. The average Bonchev–Trinajstić information content (AvgIpc) is 3.47. The van der Waals surface area contributed by atoms with Crippen molar-refractivity contribution in [3.63, 3.8) is 0 Å². The zero-order valence-corrected chi connectivity index (χ0v) is 25.2. The van der Waals surface area contributed by atoms with Crippen molar-refractivity contribution in [3.05, 3.63) is 130 Å². The maximum Gasteiger partial charge on any atom is 0.258 e. The Kier molecular flexibility index (Phi) is 9.06. The average molecular weight is 576 g/mol. The van der Waals surface area contributed by atoms with Crippen molar-refractivity contribution in [2.24, 2.45) is 0 Å². The smallest absolute Gasteiger partial charge is 0.258 e. The van der Waals surface area contributed by atoms with Crippen molar-refractivity contribution in [2.45, 2.75) is 52.6 Å². The van der Waals surface area contributed by atoms with E-state index >= 15 is 0 Å². The highest BCUT2D eigenvalue weighted by atomic mass is 16.5. The summed E-state index contributed by atoms with van der Waals surface area (Å²) in [6, 6.07) is 30.8. The molecule has 1 amide bonds. The SMILES string of the molecule is CC(C)c1cc(C(=O)N2Cc3ccc(CN4CCNCC4)cc3C2)c(OCc2ccccc2)cc1OCc1ccccc1. The molecule has 1 fully saturated rings. The molecule has 1 saturated heterocycles. The van der Waals surface area contributed by atoms with Crippen LogP contribution in [0.2, 0.25) is 0 Å². The molecule has 6 heteroatoms. The number of fused-ring (bicyclic) bond motifs is 1. The van der Waals surface area contributed by atoms with Gasteiger partial charge in [-0.25, -0.2) is 0 Å². The molecular formula is C37H41N3O3. The normalized spacial score (nSPS) is 15.0. The summed E-state index contributed by atoms with van der Waals surface area (Å²) in [7, 11) is 0. The van der Waals surface area contributed by atoms with Crippen LogP contribution in [0.4, 0.5) is 0 Å². The first-order valence-electron chi connectivity index (χ1n) is 15.4. The first-order valence-corrected chi connectivity index (χ1v) is 15.4. The highest BCUT2D eigenvalue weighted by molar-refractivity contribution is 5.98. The standard InChI is InChI=1S/C37H41N3O3/c1-27(2)33-20-34(37(41)40-23-31-14-13-30(19-32(31)24-40)22-39-17-15-38-16-18-39)36(43-26-29-11-7-4-8-12-29)21-35(33)42-25-28-9-5-3-6-10-28/h3-14,19-21,27,38H,15-18,22-26H2,1-2H3. The van der Waals surface area contributed by atoms with Gasteiger partial charge in [0.25, 0.3) is 5.91 Å². The minimum atomic E-state index is -0.0144. The number of nitrogens with zero attached hydrogens (tertiary/aromatic N) is 2. The number of nitrogens with one attached hydrogen (secondary N) is 1. The van der Waals surface area contributed by atoms with Crippen molar-refractivity contribution in [2.75, 3.05) is 26.2 Å². The summed E-state index contributed by atoms with van der Waals surface area (Å²) < 4.78 is 12.7. The first-order chi connectivity index (χ1) is 21.0. The van der Waals surface area contributed by atoms with Crippen LogP contribution >= 0.6 is 0 Å². The van der Waals surface area contributed by atoms with Crippen LogP contribution in [0.5, 0.6) is 11.5 Å². The van der Waals surface area contributed by atoms with Gasteiger partial charge < -0.3 is 19.7 Å². The second-order valence-electron chi connectivity index (χ2n) is 11.9. The molecule has 0 aliphatic carbocycles. The lowest BCUT2D eigenvalue weighted by Crippen LogP contribution is -2.42. The summed E-state index contributed by atoms with van der Waals surface area (Å²) in [5.41, 5.74) is 7.49. The van der Waals surface area contributed by atoms with E-state index in [0.29, 0.717) is 37.6 Å². The lowest BCUT2D eigenvalue weighted by molar-refractivity contribution is 0.0746. The Labute approximate surface area is 255 Å². The fraction of sp³-hybridized carbons (Fsp3) is 0.324. The molecule has 43 heavy (non-hydrogen) atoms. The first kappa shape index (κ1) is 29.0. The van der Waals surface area contributed by atoms with Crippen molar-refractivity contribution in [3.8, 4) is 11.5 Å². The number of carbonyl (C=O) groups excluding carboxylic acids is 1. The Balaban J connectivity index is 1.25. The van der Waals surface area contributed by atoms with E-state index < -0.39 is 0 Å². The molecule has 0 bridgehead atoms. The van der Waals surface area contributed by atoms with Crippen molar-refractivity contribution in [1.29, 1.82) is 0 Å². The Morgan fingerprint density at radius 2 is 1.37 bits per heavy atom. The lowest BCUT2D eigenvalue weighted by atomic mass is 9.98. The number of benzene rings is 4. The highest BCUT2D eigenvalue weighted by Crippen LogP contribution is 2.37. The number of carbonyl (C=O) groups is 1. The van der Waals surface area contributed by atoms with Crippen LogP contribution in [-0.4, -0.2) is 41.9 Å². The number of rotatable bonds is 10. The van der Waals surface area contributed by atoms with Gasteiger partial charge in [-0.15, -0.1) is 0 Å². The van der Waals surface area contributed by atoms with Crippen LogP contribution in [0.1, 0.15) is 63.5 Å². The van der Waals surface area contributed by atoms with Gasteiger partial charge in [0.2, 0.25) is 0 Å². The minimum Gasteiger partial charge on any atom is -0.488 e. The topological polar surface area (TPSA) is 54.0 Å². The second-order valence-corrected chi connectivity index (χ2v) is 11.9. The van der Waals surface area contributed by atoms with Gasteiger partial charge in [0.05, 0.1) is 5.56 Å². The van der Waals surface area contributed by atoms with Gasteiger partial charge in [0.1, 0.15) is 24.7 Å². The van der Waals surface area contributed by atoms with Crippen LogP contribution in [0.15, 0.2) is 91.0 Å². The summed E-state index contributed by atoms with van der Waals surface area (Å²) in [5, 5.41) is 3.42. The Hall–Kier alpha value is -4.13. The van der Waals surface area contributed by atoms with E-state index in [-0.39, 0.29) is 11.8 Å². The monoisotopic (exact) mass is 575 g/mol. The predicted octanol–water partition coefficient (Wildman–Crippen LogP) is 6.53. The number of hydrogen-bond acceptors (Lipinski definition) is 5. The summed E-state index contributed by atoms with van der Waals surface area (Å²) >= 11 is 0. The molecule has 222 valence electrons. The molecule has 0 atom stereocenters. The van der Waals surface area contributed by atoms with Crippen LogP contribution < -0.4 is 14.8 Å². The van der Waals surface area contributed by atoms with Crippen LogP contribution in [-0.2, 0) is 32.8 Å². The molecule has 4 aromatic rings. The molecule has 0 saturated carbocycles. The van der Waals surface area contributed by atoms with Gasteiger partial charge >= 0.3 is 0 Å². The second kappa shape index (κ2) is 13.4. The summed E-state index contributed by atoms with van der Waals surface area (Å²) in [4.78, 5) is 18.6. The third kappa shape index (κ3) is 7.10. The summed E-state index contributed by atoms with van der Waals surface area (Å²) in [5.74, 6) is 1.46. The van der Waals surface area contributed by atoms with Crippen LogP contribution in [0, 0.1) is 0 Å². The maximum absolute atomic E-state index is 14.2. The zero-order valence-electron chi connectivity index (χ0n) is 25.2. The zero-order chi connectivity index (χ0) is 29.6. The third-order valence-corrected chi connectivity index (χ3v) is 8.33. The Morgan fingerprint density at radius 3 is 2.02 bits per heavy atom. The molecule has 0 unspecified atom stereocenters. The van der Waals surface area contributed by atoms with Crippen LogP contribution in [0.25, 0.3) is 0 Å². The summed E-state index contributed by atoms with van der Waals surface area (Å²) in [6.07, 6.45) is 0. The van der Waals surface area contributed by atoms with E-state index in [1.807, 2.05) is 65.6 Å². The minimum absolute atomic E-state index is 0.0144. The molecule has 2 aliphatic heterocycles. The Morgan fingerprint density at radius 1 is 0.744 bits per heavy atom. The molecule has 6 nitrogen and oxygen atoms in total. The van der Waals surface area contributed by atoms with E-state index in [1.54, 1.807) is 0 Å². The van der Waals surface area contributed by atoms with Crippen molar-refractivity contribution < 1.29 is 14.3 Å². The third-order valence-electron chi connectivity index (χ3n) is 8.33. The molecule has 6 rings (SSSR count). The van der Waals surface area contributed by atoms with Crippen molar-refractivity contribution >= 4 is 5.91 Å². The molecule has 0 radical (unpaired) electrons. The van der Waals surface area contributed by atoms with E-state index in [0.717, 1.165) is 55.2 Å². The van der Waals surface area contributed by atoms with Gasteiger partial charge in [-0.05, 0) is 45.4 Å². The van der Waals surface area contributed by atoms with E-state index in [1.165, 1.54) is 16.7 Å². The molecule has 2 aliphatic rings. The van der Waals surface area contributed by atoms with Crippen LogP contribution in [0.3, 0.4) is 0 Å². The van der Waals surface area contributed by atoms with E-state index in [4.69, 9.17) is 9.47 Å². The Bertz CT molecular complexity index is 1530. The van der Waals surface area contributed by atoms with Gasteiger partial charge in [-0.2, -0.15) is 0 Å². The van der Waals surface area contributed by atoms with Gasteiger partial charge in [0.15, 0.2) is 0 Å². The molecular weight excluding hydrogens is 534 g/mol. The number of piperazine rings is 1. The van der Waals surface area contributed by atoms with Gasteiger partial charge in [-0.3, -0.25) is 9.69 Å².